The average molecular weight is 733 g/mol. The lowest BCUT2D eigenvalue weighted by Crippen LogP contribution is -2.28. The minimum atomic E-state index is 0.0384. The van der Waals surface area contributed by atoms with Crippen molar-refractivity contribution in [3.05, 3.63) is 174 Å². The Morgan fingerprint density at radius 3 is 1.84 bits per heavy atom. The third-order valence-electron chi connectivity index (χ3n) is 12.2. The lowest BCUT2D eigenvalue weighted by atomic mass is 9.67. The highest BCUT2D eigenvalue weighted by atomic mass is 16.3. The molecule has 0 radical (unpaired) electrons. The summed E-state index contributed by atoms with van der Waals surface area (Å²) in [6.07, 6.45) is 6.08. The maximum atomic E-state index is 9.84. The van der Waals surface area contributed by atoms with E-state index in [9.17, 15) is 5.26 Å². The van der Waals surface area contributed by atoms with Gasteiger partial charge in [0.2, 0.25) is 0 Å². The summed E-state index contributed by atoms with van der Waals surface area (Å²) in [7, 11) is 0. The van der Waals surface area contributed by atoms with Crippen molar-refractivity contribution in [3.63, 3.8) is 0 Å². The van der Waals surface area contributed by atoms with Crippen LogP contribution >= 0.6 is 0 Å². The fourth-order valence-corrected chi connectivity index (χ4v) is 9.52. The smallest absolute Gasteiger partial charge is 0.164 e. The van der Waals surface area contributed by atoms with Gasteiger partial charge in [0.15, 0.2) is 17.5 Å². The van der Waals surface area contributed by atoms with Gasteiger partial charge in [-0.3, -0.25) is 0 Å². The number of hydrogen-bond acceptors (Lipinski definition) is 5. The molecule has 1 fully saturated rings. The van der Waals surface area contributed by atoms with Crippen molar-refractivity contribution in [1.29, 1.82) is 5.26 Å². The Labute approximate surface area is 331 Å². The maximum absolute atomic E-state index is 9.84. The molecule has 11 rings (SSSR count). The van der Waals surface area contributed by atoms with Gasteiger partial charge in [0.05, 0.1) is 11.6 Å². The molecule has 9 aromatic rings. The topological polar surface area (TPSA) is 75.6 Å². The van der Waals surface area contributed by atoms with Crippen LogP contribution in [0.15, 0.2) is 162 Å². The van der Waals surface area contributed by atoms with E-state index < -0.39 is 0 Å². The van der Waals surface area contributed by atoms with Gasteiger partial charge in [0.25, 0.3) is 0 Å². The molecule has 1 spiro atoms. The highest BCUT2D eigenvalue weighted by Gasteiger charge is 2.44. The molecule has 7 aromatic carbocycles. The van der Waals surface area contributed by atoms with Crippen LogP contribution in [-0.2, 0) is 5.41 Å². The normalized spacial score (nSPS) is 14.1. The number of para-hydroxylation sites is 1. The van der Waals surface area contributed by atoms with Crippen LogP contribution in [0.1, 0.15) is 48.8 Å². The summed E-state index contributed by atoms with van der Waals surface area (Å²) in [4.78, 5) is 15.1. The van der Waals surface area contributed by atoms with Crippen LogP contribution in [0.3, 0.4) is 0 Å². The Kier molecular flexibility index (Phi) is 7.72. The number of hydrogen-bond donors (Lipinski definition) is 0. The molecule has 2 heterocycles. The third-order valence-corrected chi connectivity index (χ3v) is 12.2. The highest BCUT2D eigenvalue weighted by molar-refractivity contribution is 6.11. The molecule has 2 aromatic heterocycles. The first-order valence-electron chi connectivity index (χ1n) is 19.8. The summed E-state index contributed by atoms with van der Waals surface area (Å²) < 4.78 is 6.22. The SMILES string of the molecule is N#Cc1ccc2c(c1)-c1c(-c3ccc(-c4ccc(-c5nc(-c6ccccc6)nc(-c6cccc7oc8ccccc8c67)n5)cc4)cc3)cccc1C21CCCCC1. The van der Waals surface area contributed by atoms with E-state index in [4.69, 9.17) is 19.4 Å². The Hall–Kier alpha value is -7.16. The highest BCUT2D eigenvalue weighted by Crippen LogP contribution is 2.58. The maximum Gasteiger partial charge on any atom is 0.164 e. The zero-order valence-electron chi connectivity index (χ0n) is 31.2. The van der Waals surface area contributed by atoms with Crippen LogP contribution in [-0.4, -0.2) is 15.0 Å². The fraction of sp³-hybridized carbons (Fsp3) is 0.115. The number of rotatable bonds is 5. The van der Waals surface area contributed by atoms with Crippen LogP contribution in [0.25, 0.3) is 89.5 Å². The molecule has 0 aliphatic heterocycles. The van der Waals surface area contributed by atoms with Gasteiger partial charge in [-0.05, 0) is 81.6 Å². The molecule has 0 amide bonds. The molecule has 0 atom stereocenters. The monoisotopic (exact) mass is 732 g/mol. The number of nitriles is 1. The predicted octanol–water partition coefficient (Wildman–Crippen LogP) is 13.2. The van der Waals surface area contributed by atoms with E-state index >= 15 is 0 Å². The second-order valence-electron chi connectivity index (χ2n) is 15.3. The second-order valence-corrected chi connectivity index (χ2v) is 15.3. The minimum Gasteiger partial charge on any atom is -0.456 e. The lowest BCUT2D eigenvalue weighted by molar-refractivity contribution is 0.353. The van der Waals surface area contributed by atoms with Gasteiger partial charge in [-0.25, -0.2) is 15.0 Å². The van der Waals surface area contributed by atoms with E-state index in [1.165, 1.54) is 52.6 Å². The van der Waals surface area contributed by atoms with E-state index in [-0.39, 0.29) is 5.41 Å². The number of benzene rings is 7. The summed E-state index contributed by atoms with van der Waals surface area (Å²) in [5.41, 5.74) is 15.1. The first kappa shape index (κ1) is 33.2. The quantitative estimate of drug-likeness (QED) is 0.176. The summed E-state index contributed by atoms with van der Waals surface area (Å²) >= 11 is 0. The minimum absolute atomic E-state index is 0.0384. The Morgan fingerprint density at radius 1 is 0.474 bits per heavy atom. The number of fused-ring (bicyclic) bond motifs is 8. The number of furan rings is 1. The molecule has 2 aliphatic rings. The van der Waals surface area contributed by atoms with E-state index in [0.29, 0.717) is 17.5 Å². The van der Waals surface area contributed by atoms with Gasteiger partial charge < -0.3 is 4.42 Å². The van der Waals surface area contributed by atoms with Crippen LogP contribution in [0.5, 0.6) is 0 Å². The average Bonchev–Trinajstić information content (AvgIpc) is 3.80. The van der Waals surface area contributed by atoms with Crippen LogP contribution in [0.4, 0.5) is 0 Å². The standard InChI is InChI=1S/C52H36N4O/c53-32-33-19-28-43-42(31-33)47-39(14-9-16-44(47)52(43)29-7-2-8-30-52)36-24-20-34(21-25-36)35-22-26-38(27-23-35)50-54-49(37-11-3-1-4-12-37)55-51(56-50)41-15-10-18-46-48(41)40-13-5-6-17-45(40)57-46/h1,3-6,9-28,31H,2,7-8,29-30H2. The molecule has 5 nitrogen and oxygen atoms in total. The van der Waals surface area contributed by atoms with Crippen molar-refractivity contribution < 1.29 is 4.42 Å². The van der Waals surface area contributed by atoms with Crippen molar-refractivity contribution >= 4 is 21.9 Å². The molecule has 270 valence electrons. The van der Waals surface area contributed by atoms with Gasteiger partial charge in [-0.15, -0.1) is 0 Å². The van der Waals surface area contributed by atoms with Gasteiger partial charge in [0, 0.05) is 32.9 Å². The van der Waals surface area contributed by atoms with Gasteiger partial charge in [-0.2, -0.15) is 5.26 Å². The Morgan fingerprint density at radius 2 is 1.09 bits per heavy atom. The van der Waals surface area contributed by atoms with Crippen molar-refractivity contribution in [1.82, 2.24) is 15.0 Å². The molecule has 2 aliphatic carbocycles. The van der Waals surface area contributed by atoms with Crippen molar-refractivity contribution in [2.24, 2.45) is 0 Å². The predicted molar refractivity (Wildman–Crippen MR) is 228 cm³/mol. The Bertz CT molecular complexity index is 3040. The fourth-order valence-electron chi connectivity index (χ4n) is 9.52. The van der Waals surface area contributed by atoms with Crippen molar-refractivity contribution in [2.75, 3.05) is 0 Å². The molecule has 0 bridgehead atoms. The number of nitrogens with zero attached hydrogens (tertiary/aromatic N) is 4. The Balaban J connectivity index is 0.957. The van der Waals surface area contributed by atoms with Gasteiger partial charge in [-0.1, -0.05) is 153 Å². The summed E-state index contributed by atoms with van der Waals surface area (Å²) in [5.74, 6) is 1.83. The largest absolute Gasteiger partial charge is 0.456 e. The number of aromatic nitrogens is 3. The van der Waals surface area contributed by atoms with Gasteiger partial charge in [0.1, 0.15) is 11.2 Å². The molecule has 0 N–H and O–H groups in total. The van der Waals surface area contributed by atoms with E-state index in [0.717, 1.165) is 68.2 Å². The summed E-state index contributed by atoms with van der Waals surface area (Å²) in [6, 6.07) is 57.2. The van der Waals surface area contributed by atoms with Crippen molar-refractivity contribution in [2.45, 2.75) is 37.5 Å². The molecule has 0 unspecified atom stereocenters. The zero-order valence-corrected chi connectivity index (χ0v) is 31.2. The molecular weight excluding hydrogens is 697 g/mol. The molecule has 1 saturated carbocycles. The molecule has 0 saturated heterocycles. The summed E-state index contributed by atoms with van der Waals surface area (Å²) in [5, 5.41) is 11.9. The van der Waals surface area contributed by atoms with E-state index in [2.05, 4.69) is 97.1 Å². The van der Waals surface area contributed by atoms with Crippen LogP contribution in [0, 0.1) is 11.3 Å². The third kappa shape index (κ3) is 5.40. The van der Waals surface area contributed by atoms with Crippen molar-refractivity contribution in [3.8, 4) is 73.6 Å². The zero-order chi connectivity index (χ0) is 37.9. The lowest BCUT2D eigenvalue weighted by Gasteiger charge is -2.36. The first-order chi connectivity index (χ1) is 28.2. The molecular formula is C52H36N4O. The summed E-state index contributed by atoms with van der Waals surface area (Å²) in [6.45, 7) is 0. The van der Waals surface area contributed by atoms with Gasteiger partial charge >= 0.3 is 0 Å². The van der Waals surface area contributed by atoms with E-state index in [1.54, 1.807) is 0 Å². The first-order valence-corrected chi connectivity index (χ1v) is 19.8. The molecule has 5 heteroatoms. The van der Waals surface area contributed by atoms with E-state index in [1.807, 2.05) is 66.7 Å². The van der Waals surface area contributed by atoms with Crippen LogP contribution < -0.4 is 0 Å². The molecule has 57 heavy (non-hydrogen) atoms. The second kappa shape index (κ2) is 13.3. The van der Waals surface area contributed by atoms with Crippen LogP contribution in [0.2, 0.25) is 0 Å².